The van der Waals surface area contributed by atoms with Crippen molar-refractivity contribution < 1.29 is 9.53 Å². The number of hydrogen-bond acceptors (Lipinski definition) is 6. The Bertz CT molecular complexity index is 527. The molecule has 0 atom stereocenters. The summed E-state index contributed by atoms with van der Waals surface area (Å²) >= 11 is 1.24. The van der Waals surface area contributed by atoms with Gasteiger partial charge in [0.15, 0.2) is 0 Å². The number of ether oxygens (including phenoxy) is 1. The van der Waals surface area contributed by atoms with Crippen LogP contribution in [0.3, 0.4) is 0 Å². The molecule has 0 radical (unpaired) electrons. The molecule has 1 amide bonds. The number of carbonyl (C=O) groups excluding carboxylic acids is 1. The van der Waals surface area contributed by atoms with E-state index >= 15 is 0 Å². The molecule has 17 heavy (non-hydrogen) atoms. The topological polar surface area (TPSA) is 90.1 Å². The van der Waals surface area contributed by atoms with Gasteiger partial charge in [-0.1, -0.05) is 11.3 Å². The standard InChI is InChI=1S/C10H10N4O2S/c1-16-6-2-3-7(8(11)4-6)9(15)13-10-14-12-5-17-10/h2-5H,11H2,1H3,(H,13,14,15). The van der Waals surface area contributed by atoms with Crippen LogP contribution in [0.25, 0.3) is 0 Å². The van der Waals surface area contributed by atoms with E-state index in [1.54, 1.807) is 18.2 Å². The third-order valence-corrected chi connectivity index (χ3v) is 2.69. The summed E-state index contributed by atoms with van der Waals surface area (Å²) in [5, 5.41) is 10.4. The number of nitrogens with two attached hydrogens (primary N) is 1. The maximum Gasteiger partial charge on any atom is 0.259 e. The molecule has 0 fully saturated rings. The largest absolute Gasteiger partial charge is 0.497 e. The number of methoxy groups -OCH3 is 1. The summed E-state index contributed by atoms with van der Waals surface area (Å²) in [6.07, 6.45) is 0. The van der Waals surface area contributed by atoms with Crippen molar-refractivity contribution in [2.24, 2.45) is 0 Å². The lowest BCUT2D eigenvalue weighted by molar-refractivity contribution is 0.102. The minimum absolute atomic E-state index is 0.318. The minimum atomic E-state index is -0.318. The fraction of sp³-hybridized carbons (Fsp3) is 0.100. The summed E-state index contributed by atoms with van der Waals surface area (Å²) in [5.74, 6) is 0.289. The third kappa shape index (κ3) is 2.51. The van der Waals surface area contributed by atoms with Crippen LogP contribution in [-0.2, 0) is 0 Å². The molecule has 0 aliphatic carbocycles. The van der Waals surface area contributed by atoms with Crippen LogP contribution in [0, 0.1) is 0 Å². The number of carbonyl (C=O) groups is 1. The lowest BCUT2D eigenvalue weighted by atomic mass is 10.1. The van der Waals surface area contributed by atoms with E-state index in [4.69, 9.17) is 10.5 Å². The summed E-state index contributed by atoms with van der Waals surface area (Å²) in [6.45, 7) is 0. The molecule has 1 aromatic carbocycles. The van der Waals surface area contributed by atoms with Crippen LogP contribution in [-0.4, -0.2) is 23.2 Å². The number of amides is 1. The zero-order chi connectivity index (χ0) is 12.3. The van der Waals surface area contributed by atoms with Crippen LogP contribution in [0.1, 0.15) is 10.4 Å². The van der Waals surface area contributed by atoms with E-state index < -0.39 is 0 Å². The van der Waals surface area contributed by atoms with Crippen molar-refractivity contribution in [3.05, 3.63) is 29.3 Å². The van der Waals surface area contributed by atoms with Crippen molar-refractivity contribution in [2.75, 3.05) is 18.2 Å². The number of benzene rings is 1. The lowest BCUT2D eigenvalue weighted by Gasteiger charge is -2.06. The second-order valence-corrected chi connectivity index (χ2v) is 3.98. The summed E-state index contributed by atoms with van der Waals surface area (Å²) in [7, 11) is 1.54. The van der Waals surface area contributed by atoms with Gasteiger partial charge in [0.1, 0.15) is 11.3 Å². The zero-order valence-electron chi connectivity index (χ0n) is 9.01. The Hall–Kier alpha value is -2.15. The van der Waals surface area contributed by atoms with E-state index in [1.807, 2.05) is 0 Å². The molecule has 2 rings (SSSR count). The van der Waals surface area contributed by atoms with Gasteiger partial charge in [0.05, 0.1) is 12.7 Å². The lowest BCUT2D eigenvalue weighted by Crippen LogP contribution is -2.13. The minimum Gasteiger partial charge on any atom is -0.497 e. The van der Waals surface area contributed by atoms with Crippen LogP contribution in [0.15, 0.2) is 23.7 Å². The average molecular weight is 250 g/mol. The maximum atomic E-state index is 11.8. The number of nitrogen functional groups attached to an aromatic ring is 1. The van der Waals surface area contributed by atoms with Crippen LogP contribution < -0.4 is 15.8 Å². The fourth-order valence-corrected chi connectivity index (χ4v) is 1.71. The van der Waals surface area contributed by atoms with Crippen LogP contribution >= 0.6 is 11.3 Å². The Labute approximate surface area is 101 Å². The van der Waals surface area contributed by atoms with E-state index in [0.717, 1.165) is 0 Å². The summed E-state index contributed by atoms with van der Waals surface area (Å²) < 4.78 is 5.00. The number of nitrogens with one attached hydrogen (secondary N) is 1. The molecule has 0 spiro atoms. The molecule has 0 aliphatic heterocycles. The Kier molecular flexibility index (Phi) is 3.20. The first kappa shape index (κ1) is 11.3. The molecular formula is C10H10N4O2S. The second kappa shape index (κ2) is 4.79. The van der Waals surface area contributed by atoms with Gasteiger partial charge in [-0.2, -0.15) is 0 Å². The highest BCUT2D eigenvalue weighted by atomic mass is 32.1. The van der Waals surface area contributed by atoms with Gasteiger partial charge < -0.3 is 10.5 Å². The molecule has 0 saturated heterocycles. The molecule has 0 saturated carbocycles. The Balaban J connectivity index is 2.19. The van der Waals surface area contributed by atoms with Gasteiger partial charge in [0, 0.05) is 11.8 Å². The van der Waals surface area contributed by atoms with Crippen molar-refractivity contribution in [3.8, 4) is 5.75 Å². The van der Waals surface area contributed by atoms with E-state index in [2.05, 4.69) is 15.5 Å². The fourth-order valence-electron chi connectivity index (χ4n) is 1.27. The molecule has 6 nitrogen and oxygen atoms in total. The monoisotopic (exact) mass is 250 g/mol. The van der Waals surface area contributed by atoms with Gasteiger partial charge in [0.25, 0.3) is 5.91 Å². The molecule has 3 N–H and O–H groups in total. The quantitative estimate of drug-likeness (QED) is 0.803. The van der Waals surface area contributed by atoms with Crippen molar-refractivity contribution in [1.29, 1.82) is 0 Å². The molecular weight excluding hydrogens is 240 g/mol. The van der Waals surface area contributed by atoms with E-state index in [0.29, 0.717) is 22.1 Å². The van der Waals surface area contributed by atoms with Gasteiger partial charge in [-0.05, 0) is 12.1 Å². The van der Waals surface area contributed by atoms with Crippen molar-refractivity contribution in [3.63, 3.8) is 0 Å². The SMILES string of the molecule is COc1ccc(C(=O)Nc2nncs2)c(N)c1. The van der Waals surface area contributed by atoms with Crippen LogP contribution in [0.4, 0.5) is 10.8 Å². The van der Waals surface area contributed by atoms with E-state index in [1.165, 1.54) is 24.0 Å². The summed E-state index contributed by atoms with van der Waals surface area (Å²) in [6, 6.07) is 4.87. The Morgan fingerprint density at radius 1 is 1.53 bits per heavy atom. The van der Waals surface area contributed by atoms with Crippen molar-refractivity contribution >= 4 is 28.1 Å². The Morgan fingerprint density at radius 2 is 2.35 bits per heavy atom. The Morgan fingerprint density at radius 3 is 2.94 bits per heavy atom. The highest BCUT2D eigenvalue weighted by Crippen LogP contribution is 2.21. The zero-order valence-corrected chi connectivity index (χ0v) is 9.82. The molecule has 7 heteroatoms. The first-order chi connectivity index (χ1) is 8.20. The van der Waals surface area contributed by atoms with Gasteiger partial charge in [-0.3, -0.25) is 10.1 Å². The van der Waals surface area contributed by atoms with Gasteiger partial charge in [-0.25, -0.2) is 0 Å². The molecule has 0 unspecified atom stereocenters. The number of anilines is 2. The molecule has 1 aromatic heterocycles. The van der Waals surface area contributed by atoms with E-state index in [9.17, 15) is 4.79 Å². The predicted molar refractivity (Wildman–Crippen MR) is 65.3 cm³/mol. The van der Waals surface area contributed by atoms with Gasteiger partial charge in [-0.15, -0.1) is 10.2 Å². The summed E-state index contributed by atoms with van der Waals surface area (Å²) in [4.78, 5) is 11.8. The number of aromatic nitrogens is 2. The smallest absolute Gasteiger partial charge is 0.259 e. The second-order valence-electron chi connectivity index (χ2n) is 3.15. The highest BCUT2D eigenvalue weighted by Gasteiger charge is 2.11. The third-order valence-electron chi connectivity index (χ3n) is 2.08. The van der Waals surface area contributed by atoms with Gasteiger partial charge in [0.2, 0.25) is 5.13 Å². The normalized spacial score (nSPS) is 9.94. The predicted octanol–water partition coefficient (Wildman–Crippen LogP) is 1.38. The molecule has 0 bridgehead atoms. The van der Waals surface area contributed by atoms with E-state index in [-0.39, 0.29) is 5.91 Å². The first-order valence-corrected chi connectivity index (χ1v) is 5.59. The van der Waals surface area contributed by atoms with Crippen LogP contribution in [0.5, 0.6) is 5.75 Å². The number of hydrogen-bond donors (Lipinski definition) is 2. The van der Waals surface area contributed by atoms with Crippen LogP contribution in [0.2, 0.25) is 0 Å². The maximum absolute atomic E-state index is 11.8. The molecule has 1 heterocycles. The molecule has 0 aliphatic rings. The number of nitrogens with zero attached hydrogens (tertiary/aromatic N) is 2. The van der Waals surface area contributed by atoms with Crippen molar-refractivity contribution in [2.45, 2.75) is 0 Å². The molecule has 2 aromatic rings. The van der Waals surface area contributed by atoms with Gasteiger partial charge >= 0.3 is 0 Å². The van der Waals surface area contributed by atoms with Crippen molar-refractivity contribution in [1.82, 2.24) is 10.2 Å². The highest BCUT2D eigenvalue weighted by molar-refractivity contribution is 7.13. The number of rotatable bonds is 3. The molecule has 88 valence electrons. The average Bonchev–Trinajstić information content (AvgIpc) is 2.81. The first-order valence-electron chi connectivity index (χ1n) is 4.71. The summed E-state index contributed by atoms with van der Waals surface area (Å²) in [5.41, 5.74) is 8.02.